The number of rotatable bonds is 6. The van der Waals surface area contributed by atoms with Crippen molar-refractivity contribution < 1.29 is 4.74 Å². The molecule has 1 aromatic rings. The standard InChI is InChI=1S/C17H26ClNO/c1-5-13-9-17(10-13,11-19-12(2)3)15-8-14(18)6-7-16(15)20-4/h6-8,12-13,19H,5,9-11H2,1-4H3. The zero-order valence-corrected chi connectivity index (χ0v) is 13.8. The van der Waals surface area contributed by atoms with Crippen LogP contribution < -0.4 is 10.1 Å². The maximum absolute atomic E-state index is 6.22. The number of ether oxygens (including phenoxy) is 1. The molecule has 112 valence electrons. The van der Waals surface area contributed by atoms with Gasteiger partial charge in [-0.2, -0.15) is 0 Å². The number of hydrogen-bond donors (Lipinski definition) is 1. The van der Waals surface area contributed by atoms with Crippen molar-refractivity contribution in [2.24, 2.45) is 5.92 Å². The Morgan fingerprint density at radius 1 is 1.40 bits per heavy atom. The van der Waals surface area contributed by atoms with Crippen LogP contribution in [-0.2, 0) is 5.41 Å². The summed E-state index contributed by atoms with van der Waals surface area (Å²) in [4.78, 5) is 0. The molecule has 1 saturated carbocycles. The summed E-state index contributed by atoms with van der Waals surface area (Å²) in [5.74, 6) is 1.79. The van der Waals surface area contributed by atoms with Gasteiger partial charge >= 0.3 is 0 Å². The second kappa shape index (κ2) is 6.36. The van der Waals surface area contributed by atoms with Gasteiger partial charge < -0.3 is 10.1 Å². The molecule has 1 N–H and O–H groups in total. The third kappa shape index (κ3) is 3.12. The van der Waals surface area contributed by atoms with Gasteiger partial charge in [0.1, 0.15) is 5.75 Å². The van der Waals surface area contributed by atoms with Gasteiger partial charge in [0.25, 0.3) is 0 Å². The molecule has 0 amide bonds. The first-order chi connectivity index (χ1) is 9.50. The number of benzene rings is 1. The summed E-state index contributed by atoms with van der Waals surface area (Å²) in [5.41, 5.74) is 1.45. The van der Waals surface area contributed by atoms with Gasteiger partial charge in [-0.05, 0) is 37.0 Å². The zero-order chi connectivity index (χ0) is 14.8. The second-order valence-electron chi connectivity index (χ2n) is 6.34. The third-order valence-electron chi connectivity index (χ3n) is 4.52. The minimum absolute atomic E-state index is 0.182. The number of methoxy groups -OCH3 is 1. The molecular formula is C17H26ClNO. The van der Waals surface area contributed by atoms with Crippen molar-refractivity contribution >= 4 is 11.6 Å². The molecule has 20 heavy (non-hydrogen) atoms. The molecule has 0 atom stereocenters. The summed E-state index contributed by atoms with van der Waals surface area (Å²) in [6.07, 6.45) is 3.70. The van der Waals surface area contributed by atoms with Gasteiger partial charge in [-0.25, -0.2) is 0 Å². The van der Waals surface area contributed by atoms with Crippen molar-refractivity contribution in [1.82, 2.24) is 5.32 Å². The highest BCUT2D eigenvalue weighted by Crippen LogP contribution is 2.51. The van der Waals surface area contributed by atoms with Gasteiger partial charge in [0, 0.05) is 28.6 Å². The lowest BCUT2D eigenvalue weighted by Crippen LogP contribution is -2.50. The molecule has 0 bridgehead atoms. The van der Waals surface area contributed by atoms with Crippen molar-refractivity contribution in [2.45, 2.75) is 51.5 Å². The van der Waals surface area contributed by atoms with Crippen LogP contribution in [0.4, 0.5) is 0 Å². The fourth-order valence-corrected chi connectivity index (χ4v) is 3.46. The molecule has 0 heterocycles. The van der Waals surface area contributed by atoms with E-state index < -0.39 is 0 Å². The first-order valence-corrected chi connectivity index (χ1v) is 7.96. The Bertz CT molecular complexity index is 452. The van der Waals surface area contributed by atoms with Crippen molar-refractivity contribution in [2.75, 3.05) is 13.7 Å². The molecule has 1 fully saturated rings. The second-order valence-corrected chi connectivity index (χ2v) is 6.78. The smallest absolute Gasteiger partial charge is 0.122 e. The minimum atomic E-state index is 0.182. The van der Waals surface area contributed by atoms with Crippen LogP contribution in [0, 0.1) is 5.92 Å². The molecule has 1 aromatic carbocycles. The highest BCUT2D eigenvalue weighted by atomic mass is 35.5. The summed E-state index contributed by atoms with van der Waals surface area (Å²) in [7, 11) is 1.74. The molecule has 1 aliphatic carbocycles. The number of hydrogen-bond acceptors (Lipinski definition) is 2. The third-order valence-corrected chi connectivity index (χ3v) is 4.75. The van der Waals surface area contributed by atoms with E-state index in [0.29, 0.717) is 6.04 Å². The summed E-state index contributed by atoms with van der Waals surface area (Å²) in [6, 6.07) is 6.49. The van der Waals surface area contributed by atoms with Gasteiger partial charge in [-0.15, -0.1) is 0 Å². The van der Waals surface area contributed by atoms with Crippen LogP contribution in [0.1, 0.15) is 45.6 Å². The van der Waals surface area contributed by atoms with E-state index in [1.165, 1.54) is 24.8 Å². The SMILES string of the molecule is CCC1CC(CNC(C)C)(c2cc(Cl)ccc2OC)C1. The fourth-order valence-electron chi connectivity index (χ4n) is 3.29. The van der Waals surface area contributed by atoms with Crippen LogP contribution in [0.2, 0.25) is 5.02 Å². The zero-order valence-electron chi connectivity index (χ0n) is 13.0. The number of halogens is 1. The molecule has 0 aliphatic heterocycles. The molecule has 1 aliphatic rings. The Balaban J connectivity index is 2.29. The van der Waals surface area contributed by atoms with Gasteiger partial charge in [-0.3, -0.25) is 0 Å². The monoisotopic (exact) mass is 295 g/mol. The lowest BCUT2D eigenvalue weighted by atomic mass is 9.57. The van der Waals surface area contributed by atoms with Gasteiger partial charge in [-0.1, -0.05) is 38.8 Å². The lowest BCUT2D eigenvalue weighted by molar-refractivity contribution is 0.128. The van der Waals surface area contributed by atoms with Crippen LogP contribution >= 0.6 is 11.6 Å². The maximum atomic E-state index is 6.22. The summed E-state index contributed by atoms with van der Waals surface area (Å²) in [5, 5.41) is 4.40. The summed E-state index contributed by atoms with van der Waals surface area (Å²) >= 11 is 6.22. The molecule has 2 rings (SSSR count). The average Bonchev–Trinajstić information content (AvgIpc) is 2.37. The van der Waals surface area contributed by atoms with E-state index in [1.54, 1.807) is 7.11 Å². The fraction of sp³-hybridized carbons (Fsp3) is 0.647. The topological polar surface area (TPSA) is 21.3 Å². The van der Waals surface area contributed by atoms with Crippen molar-refractivity contribution in [3.05, 3.63) is 28.8 Å². The Morgan fingerprint density at radius 3 is 2.65 bits per heavy atom. The van der Waals surface area contributed by atoms with E-state index >= 15 is 0 Å². The largest absolute Gasteiger partial charge is 0.496 e. The number of nitrogens with one attached hydrogen (secondary N) is 1. The Labute approximate surface area is 127 Å². The van der Waals surface area contributed by atoms with Crippen molar-refractivity contribution in [3.8, 4) is 5.75 Å². The normalized spacial score (nSPS) is 25.6. The Morgan fingerprint density at radius 2 is 2.10 bits per heavy atom. The van der Waals surface area contributed by atoms with E-state index in [1.807, 2.05) is 12.1 Å². The van der Waals surface area contributed by atoms with E-state index in [2.05, 4.69) is 32.2 Å². The predicted molar refractivity (Wildman–Crippen MR) is 85.8 cm³/mol. The van der Waals surface area contributed by atoms with Crippen LogP contribution in [0.3, 0.4) is 0 Å². The van der Waals surface area contributed by atoms with Crippen molar-refractivity contribution in [3.63, 3.8) is 0 Å². The molecule has 2 nitrogen and oxygen atoms in total. The van der Waals surface area contributed by atoms with Crippen LogP contribution in [0.15, 0.2) is 18.2 Å². The maximum Gasteiger partial charge on any atom is 0.122 e. The van der Waals surface area contributed by atoms with E-state index in [-0.39, 0.29) is 5.41 Å². The van der Waals surface area contributed by atoms with Crippen molar-refractivity contribution in [1.29, 1.82) is 0 Å². The first-order valence-electron chi connectivity index (χ1n) is 7.58. The molecule has 0 saturated heterocycles. The van der Waals surface area contributed by atoms with Gasteiger partial charge in [0.2, 0.25) is 0 Å². The average molecular weight is 296 g/mol. The molecular weight excluding hydrogens is 270 g/mol. The molecule has 3 heteroatoms. The molecule has 0 unspecified atom stereocenters. The highest BCUT2D eigenvalue weighted by Gasteiger charge is 2.46. The van der Waals surface area contributed by atoms with Gasteiger partial charge in [0.05, 0.1) is 7.11 Å². The van der Waals surface area contributed by atoms with E-state index in [9.17, 15) is 0 Å². The molecule has 0 radical (unpaired) electrons. The molecule has 0 aromatic heterocycles. The lowest BCUT2D eigenvalue weighted by Gasteiger charge is -2.49. The summed E-state index contributed by atoms with van der Waals surface area (Å²) < 4.78 is 5.57. The van der Waals surface area contributed by atoms with E-state index in [0.717, 1.165) is 23.2 Å². The van der Waals surface area contributed by atoms with Crippen LogP contribution in [0.25, 0.3) is 0 Å². The quantitative estimate of drug-likeness (QED) is 0.839. The van der Waals surface area contributed by atoms with Crippen LogP contribution in [-0.4, -0.2) is 19.7 Å². The summed E-state index contributed by atoms with van der Waals surface area (Å²) in [6.45, 7) is 7.66. The van der Waals surface area contributed by atoms with E-state index in [4.69, 9.17) is 16.3 Å². The molecule has 0 spiro atoms. The Hall–Kier alpha value is -0.730. The Kier molecular flexibility index (Phi) is 4.98. The predicted octanol–water partition coefficient (Wildman–Crippen LogP) is 4.40. The first kappa shape index (κ1) is 15.7. The van der Waals surface area contributed by atoms with Gasteiger partial charge in [0.15, 0.2) is 0 Å². The minimum Gasteiger partial charge on any atom is -0.496 e. The van der Waals surface area contributed by atoms with Crippen LogP contribution in [0.5, 0.6) is 5.75 Å². The highest BCUT2D eigenvalue weighted by molar-refractivity contribution is 6.30.